The maximum Gasteiger partial charge on any atom is 0.0206 e. The van der Waals surface area contributed by atoms with E-state index in [1.165, 1.54) is 25.8 Å². The molecule has 0 bridgehead atoms. The van der Waals surface area contributed by atoms with Gasteiger partial charge in [-0.25, -0.2) is 0 Å². The first-order chi connectivity index (χ1) is 9.88. The van der Waals surface area contributed by atoms with E-state index in [4.69, 9.17) is 0 Å². The van der Waals surface area contributed by atoms with E-state index >= 15 is 0 Å². The average molecular weight is 336 g/mol. The average Bonchev–Trinajstić information content (AvgIpc) is 2.64. The first-order valence-corrected chi connectivity index (χ1v) is 8.54. The van der Waals surface area contributed by atoms with Crippen LogP contribution in [0.25, 0.3) is 11.0 Å². The minimum absolute atomic E-state index is 0. The monoisotopic (exact) mass is 335 g/mol. The summed E-state index contributed by atoms with van der Waals surface area (Å²) in [7, 11) is 2.00. The highest BCUT2D eigenvalue weighted by molar-refractivity contribution is 8.08. The molecular formula is C17H18ClNS2. The Bertz CT molecular complexity index is 640. The molecule has 0 unspecified atom stereocenters. The summed E-state index contributed by atoms with van der Waals surface area (Å²) >= 11 is 3.79. The molecule has 1 N–H and O–H groups in total. The van der Waals surface area contributed by atoms with Crippen LogP contribution in [-0.4, -0.2) is 19.3 Å². The third-order valence-corrected chi connectivity index (χ3v) is 5.41. The molecule has 0 saturated carbocycles. The summed E-state index contributed by atoms with van der Waals surface area (Å²) in [5.41, 5.74) is 2.68. The van der Waals surface area contributed by atoms with Gasteiger partial charge in [-0.1, -0.05) is 48.2 Å². The maximum atomic E-state index is 3.21. The van der Waals surface area contributed by atoms with E-state index in [-0.39, 0.29) is 12.4 Å². The number of benzene rings is 2. The van der Waals surface area contributed by atoms with Crippen LogP contribution in [0.1, 0.15) is 11.1 Å². The highest BCUT2D eigenvalue weighted by Crippen LogP contribution is 2.43. The summed E-state index contributed by atoms with van der Waals surface area (Å²) in [6.07, 6.45) is 2.33. The Morgan fingerprint density at radius 2 is 1.71 bits per heavy atom. The van der Waals surface area contributed by atoms with Crippen molar-refractivity contribution < 1.29 is 0 Å². The van der Waals surface area contributed by atoms with Gasteiger partial charge in [-0.15, -0.1) is 24.2 Å². The summed E-state index contributed by atoms with van der Waals surface area (Å²) in [6, 6.07) is 17.3. The van der Waals surface area contributed by atoms with Gasteiger partial charge in [-0.3, -0.25) is 0 Å². The van der Waals surface area contributed by atoms with E-state index in [0.29, 0.717) is 0 Å². The third-order valence-electron chi connectivity index (χ3n) is 3.19. The lowest BCUT2D eigenvalue weighted by Crippen LogP contribution is -2.09. The minimum Gasteiger partial charge on any atom is -0.319 e. The van der Waals surface area contributed by atoms with Gasteiger partial charge in [0.1, 0.15) is 0 Å². The molecule has 0 atom stereocenters. The lowest BCUT2D eigenvalue weighted by Gasteiger charge is -2.09. The van der Waals surface area contributed by atoms with Crippen LogP contribution in [0.15, 0.2) is 58.3 Å². The lowest BCUT2D eigenvalue weighted by molar-refractivity contribution is 0.873. The molecule has 0 fully saturated rings. The highest BCUT2D eigenvalue weighted by Gasteiger charge is 2.15. The molecule has 0 saturated heterocycles. The van der Waals surface area contributed by atoms with Crippen LogP contribution in [0.2, 0.25) is 0 Å². The van der Waals surface area contributed by atoms with Gasteiger partial charge < -0.3 is 5.32 Å². The predicted molar refractivity (Wildman–Crippen MR) is 98.5 cm³/mol. The van der Waals surface area contributed by atoms with E-state index < -0.39 is 0 Å². The molecule has 0 spiro atoms. The standard InChI is InChI=1S/C17H17NS2.ClH/c1-18-10-11-19-17-12-13-6-2-4-8-15(13)20-16-9-5-3-7-14(16)17;/h2-9,12,18H,10-11H2,1H3;1H. The van der Waals surface area contributed by atoms with Gasteiger partial charge in [0.2, 0.25) is 0 Å². The molecule has 1 heterocycles. The molecule has 4 heteroatoms. The van der Waals surface area contributed by atoms with Crippen LogP contribution < -0.4 is 5.32 Å². The summed E-state index contributed by atoms with van der Waals surface area (Å²) < 4.78 is 0. The summed E-state index contributed by atoms with van der Waals surface area (Å²) in [5.74, 6) is 1.09. The van der Waals surface area contributed by atoms with Crippen molar-refractivity contribution in [2.24, 2.45) is 0 Å². The fourth-order valence-electron chi connectivity index (χ4n) is 2.17. The molecule has 110 valence electrons. The number of fused-ring (bicyclic) bond motifs is 2. The number of hydrogen-bond acceptors (Lipinski definition) is 3. The SMILES string of the molecule is CNCCSC1=Cc2ccccc2Sc2ccccc21.Cl. The number of hydrogen-bond donors (Lipinski definition) is 1. The van der Waals surface area contributed by atoms with Crippen molar-refractivity contribution in [3.8, 4) is 0 Å². The van der Waals surface area contributed by atoms with Crippen LogP contribution in [0.3, 0.4) is 0 Å². The zero-order valence-corrected chi connectivity index (χ0v) is 14.3. The van der Waals surface area contributed by atoms with E-state index in [1.54, 1.807) is 0 Å². The Kier molecular flexibility index (Phi) is 6.24. The van der Waals surface area contributed by atoms with Crippen molar-refractivity contribution in [3.05, 3.63) is 59.7 Å². The molecule has 2 aromatic carbocycles. The van der Waals surface area contributed by atoms with E-state index in [1.807, 2.05) is 30.6 Å². The Hall–Kier alpha value is -0.870. The molecule has 1 aliphatic rings. The molecule has 21 heavy (non-hydrogen) atoms. The minimum atomic E-state index is 0. The first-order valence-electron chi connectivity index (χ1n) is 6.74. The molecule has 2 aromatic rings. The second kappa shape index (κ2) is 7.95. The third kappa shape index (κ3) is 3.86. The van der Waals surface area contributed by atoms with Crippen LogP contribution >= 0.6 is 35.9 Å². The van der Waals surface area contributed by atoms with Crippen LogP contribution in [-0.2, 0) is 0 Å². The second-order valence-corrected chi connectivity index (χ2v) is 6.82. The second-order valence-electron chi connectivity index (χ2n) is 4.60. The maximum absolute atomic E-state index is 3.21. The fraction of sp³-hybridized carbons (Fsp3) is 0.176. The molecule has 0 aliphatic carbocycles. The molecule has 0 radical (unpaired) electrons. The van der Waals surface area contributed by atoms with Crippen molar-refractivity contribution in [2.75, 3.05) is 19.3 Å². The molecule has 0 amide bonds. The van der Waals surface area contributed by atoms with Crippen molar-refractivity contribution in [1.29, 1.82) is 0 Å². The van der Waals surface area contributed by atoms with Gasteiger partial charge in [0.25, 0.3) is 0 Å². The normalized spacial score (nSPS) is 12.5. The van der Waals surface area contributed by atoms with Gasteiger partial charge in [-0.05, 0) is 30.8 Å². The van der Waals surface area contributed by atoms with E-state index in [0.717, 1.165) is 12.3 Å². The smallest absolute Gasteiger partial charge is 0.0206 e. The van der Waals surface area contributed by atoms with Crippen molar-refractivity contribution in [1.82, 2.24) is 5.32 Å². The van der Waals surface area contributed by atoms with E-state index in [2.05, 4.69) is 59.9 Å². The van der Waals surface area contributed by atoms with Gasteiger partial charge in [0.05, 0.1) is 0 Å². The van der Waals surface area contributed by atoms with Gasteiger partial charge >= 0.3 is 0 Å². The fourth-order valence-corrected chi connectivity index (χ4v) is 4.37. The number of thioether (sulfide) groups is 1. The first kappa shape index (κ1) is 16.5. The number of halogens is 1. The summed E-state index contributed by atoms with van der Waals surface area (Å²) in [5, 5.41) is 3.21. The Morgan fingerprint density at radius 1 is 1.00 bits per heavy atom. The van der Waals surface area contributed by atoms with Crippen LogP contribution in [0, 0.1) is 0 Å². The number of rotatable bonds is 4. The Labute approximate surface area is 141 Å². The molecular weight excluding hydrogens is 318 g/mol. The molecule has 1 nitrogen and oxygen atoms in total. The molecule has 0 aromatic heterocycles. The van der Waals surface area contributed by atoms with Crippen molar-refractivity contribution in [2.45, 2.75) is 9.79 Å². The molecule has 3 rings (SSSR count). The summed E-state index contributed by atoms with van der Waals surface area (Å²) in [4.78, 5) is 4.05. The lowest BCUT2D eigenvalue weighted by atomic mass is 10.1. The topological polar surface area (TPSA) is 12.0 Å². The predicted octanol–water partition coefficient (Wildman–Crippen LogP) is 5.02. The van der Waals surface area contributed by atoms with E-state index in [9.17, 15) is 0 Å². The zero-order chi connectivity index (χ0) is 13.8. The van der Waals surface area contributed by atoms with Crippen LogP contribution in [0.5, 0.6) is 0 Å². The van der Waals surface area contributed by atoms with Crippen molar-refractivity contribution >= 4 is 46.9 Å². The van der Waals surface area contributed by atoms with Crippen molar-refractivity contribution in [3.63, 3.8) is 0 Å². The van der Waals surface area contributed by atoms with Crippen LogP contribution in [0.4, 0.5) is 0 Å². The largest absolute Gasteiger partial charge is 0.319 e. The Balaban J connectivity index is 0.00000161. The number of nitrogens with one attached hydrogen (secondary N) is 1. The molecule has 1 aliphatic heterocycles. The zero-order valence-electron chi connectivity index (χ0n) is 11.8. The quantitative estimate of drug-likeness (QED) is 0.787. The van der Waals surface area contributed by atoms with Gasteiger partial charge in [0.15, 0.2) is 0 Å². The summed E-state index contributed by atoms with van der Waals surface area (Å²) in [6.45, 7) is 1.03. The highest BCUT2D eigenvalue weighted by atomic mass is 35.5. The van der Waals surface area contributed by atoms with Gasteiger partial charge in [0, 0.05) is 32.6 Å². The Morgan fingerprint density at radius 3 is 2.52 bits per heavy atom. The van der Waals surface area contributed by atoms with Gasteiger partial charge in [-0.2, -0.15) is 0 Å².